The van der Waals surface area contributed by atoms with Crippen LogP contribution in [0.3, 0.4) is 0 Å². The summed E-state index contributed by atoms with van der Waals surface area (Å²) in [5.74, 6) is 0.229. The molecule has 1 aromatic carbocycles. The predicted octanol–water partition coefficient (Wildman–Crippen LogP) is 2.93. The monoisotopic (exact) mass is 317 g/mol. The molecule has 0 saturated carbocycles. The molecule has 0 aliphatic heterocycles. The molecule has 0 radical (unpaired) electrons. The molecule has 0 unspecified atom stereocenters. The molecule has 0 aliphatic carbocycles. The van der Waals surface area contributed by atoms with E-state index < -0.39 is 0 Å². The third kappa shape index (κ3) is 2.38. The van der Waals surface area contributed by atoms with E-state index in [1.807, 2.05) is 42.6 Å². The number of nitrogen functional groups attached to an aromatic ring is 2. The van der Waals surface area contributed by atoms with Crippen molar-refractivity contribution in [2.24, 2.45) is 0 Å². The number of hydrogen-bond donors (Lipinski definition) is 4. The van der Waals surface area contributed by atoms with E-state index in [4.69, 9.17) is 11.5 Å². The van der Waals surface area contributed by atoms with E-state index in [9.17, 15) is 0 Å². The Labute approximate surface area is 137 Å². The van der Waals surface area contributed by atoms with Gasteiger partial charge < -0.3 is 21.8 Å². The standard InChI is InChI=1S/C17H15N7/c18-11-3-1-2-4-13(11)23-14-6-7-20-16-15(14)10(9-22-16)12-5-8-21-17(19)24-12/h1-9H,18H2,(H2,19,21,24)(H2,20,22,23). The Balaban J connectivity index is 1.88. The molecule has 7 nitrogen and oxygen atoms in total. The lowest BCUT2D eigenvalue weighted by atomic mass is 10.1. The summed E-state index contributed by atoms with van der Waals surface area (Å²) in [6.07, 6.45) is 5.23. The van der Waals surface area contributed by atoms with Gasteiger partial charge in [0.1, 0.15) is 5.65 Å². The Hall–Kier alpha value is -3.61. The minimum Gasteiger partial charge on any atom is -0.397 e. The van der Waals surface area contributed by atoms with Gasteiger partial charge in [-0.3, -0.25) is 0 Å². The van der Waals surface area contributed by atoms with Gasteiger partial charge in [-0.2, -0.15) is 0 Å². The summed E-state index contributed by atoms with van der Waals surface area (Å²) in [5.41, 5.74) is 16.5. The van der Waals surface area contributed by atoms with Crippen LogP contribution in [0.25, 0.3) is 22.3 Å². The van der Waals surface area contributed by atoms with Crippen molar-refractivity contribution < 1.29 is 0 Å². The van der Waals surface area contributed by atoms with E-state index in [2.05, 4.69) is 25.3 Å². The van der Waals surface area contributed by atoms with Crippen molar-refractivity contribution in [1.82, 2.24) is 19.9 Å². The maximum atomic E-state index is 6.03. The summed E-state index contributed by atoms with van der Waals surface area (Å²) in [6, 6.07) is 11.3. The number of para-hydroxylation sites is 2. The summed E-state index contributed by atoms with van der Waals surface area (Å²) in [5, 5.41) is 4.28. The Bertz CT molecular complexity index is 1020. The van der Waals surface area contributed by atoms with Gasteiger partial charge in [-0.1, -0.05) is 12.1 Å². The van der Waals surface area contributed by atoms with Crippen molar-refractivity contribution in [3.63, 3.8) is 0 Å². The summed E-state index contributed by atoms with van der Waals surface area (Å²) in [7, 11) is 0. The van der Waals surface area contributed by atoms with Crippen LogP contribution in [0.4, 0.5) is 23.0 Å². The molecule has 4 rings (SSSR count). The predicted molar refractivity (Wildman–Crippen MR) is 95.7 cm³/mol. The lowest BCUT2D eigenvalue weighted by Gasteiger charge is -2.11. The number of anilines is 4. The van der Waals surface area contributed by atoms with E-state index in [1.54, 1.807) is 12.4 Å². The van der Waals surface area contributed by atoms with Gasteiger partial charge in [0.05, 0.1) is 28.1 Å². The van der Waals surface area contributed by atoms with Crippen LogP contribution in [0, 0.1) is 0 Å². The molecule has 118 valence electrons. The highest BCUT2D eigenvalue weighted by Crippen LogP contribution is 2.34. The first-order valence-corrected chi connectivity index (χ1v) is 7.39. The number of rotatable bonds is 3. The SMILES string of the molecule is Nc1nccc(-c2c[nH]c3nccc(Nc4ccccc4N)c23)n1. The Morgan fingerprint density at radius 3 is 2.58 bits per heavy atom. The number of nitrogens with two attached hydrogens (primary N) is 2. The van der Waals surface area contributed by atoms with Crippen LogP contribution in [0.1, 0.15) is 0 Å². The van der Waals surface area contributed by atoms with Crippen molar-refractivity contribution in [2.45, 2.75) is 0 Å². The van der Waals surface area contributed by atoms with Crippen LogP contribution < -0.4 is 16.8 Å². The van der Waals surface area contributed by atoms with Gasteiger partial charge in [0.25, 0.3) is 0 Å². The van der Waals surface area contributed by atoms with Gasteiger partial charge in [-0.25, -0.2) is 15.0 Å². The van der Waals surface area contributed by atoms with Gasteiger partial charge in [-0.15, -0.1) is 0 Å². The molecule has 24 heavy (non-hydrogen) atoms. The molecule has 0 fully saturated rings. The zero-order chi connectivity index (χ0) is 16.5. The van der Waals surface area contributed by atoms with Crippen molar-refractivity contribution in [3.05, 3.63) is 55.0 Å². The minimum absolute atomic E-state index is 0.229. The average molecular weight is 317 g/mol. The second-order valence-corrected chi connectivity index (χ2v) is 5.30. The Kier molecular flexibility index (Phi) is 3.24. The third-order valence-corrected chi connectivity index (χ3v) is 3.75. The fraction of sp³-hybridized carbons (Fsp3) is 0. The second-order valence-electron chi connectivity index (χ2n) is 5.30. The first kappa shape index (κ1) is 14.0. The molecule has 3 heterocycles. The number of hydrogen-bond acceptors (Lipinski definition) is 6. The number of fused-ring (bicyclic) bond motifs is 1. The molecule has 0 saturated heterocycles. The first-order chi connectivity index (χ1) is 11.7. The lowest BCUT2D eigenvalue weighted by molar-refractivity contribution is 1.19. The van der Waals surface area contributed by atoms with E-state index in [-0.39, 0.29) is 5.95 Å². The molecule has 0 bridgehead atoms. The topological polar surface area (TPSA) is 119 Å². The molecule has 0 amide bonds. The quantitative estimate of drug-likeness (QED) is 0.431. The fourth-order valence-corrected chi connectivity index (χ4v) is 2.64. The normalized spacial score (nSPS) is 10.8. The Morgan fingerprint density at radius 1 is 0.917 bits per heavy atom. The van der Waals surface area contributed by atoms with Gasteiger partial charge in [0.2, 0.25) is 5.95 Å². The fourth-order valence-electron chi connectivity index (χ4n) is 2.64. The van der Waals surface area contributed by atoms with Crippen molar-refractivity contribution in [2.75, 3.05) is 16.8 Å². The molecular formula is C17H15N7. The molecule has 6 N–H and O–H groups in total. The molecule has 7 heteroatoms. The number of aromatic nitrogens is 4. The smallest absolute Gasteiger partial charge is 0.220 e. The number of benzene rings is 1. The average Bonchev–Trinajstić information content (AvgIpc) is 3.02. The highest BCUT2D eigenvalue weighted by molar-refractivity contribution is 6.03. The summed E-state index contributed by atoms with van der Waals surface area (Å²) in [4.78, 5) is 15.8. The first-order valence-electron chi connectivity index (χ1n) is 7.39. The maximum absolute atomic E-state index is 6.03. The number of aromatic amines is 1. The van der Waals surface area contributed by atoms with E-state index in [0.717, 1.165) is 33.7 Å². The molecule has 0 aliphatic rings. The number of H-pyrrole nitrogens is 1. The summed E-state index contributed by atoms with van der Waals surface area (Å²) >= 11 is 0. The van der Waals surface area contributed by atoms with Crippen LogP contribution in [0.2, 0.25) is 0 Å². The van der Waals surface area contributed by atoms with Crippen LogP contribution >= 0.6 is 0 Å². The molecule has 0 spiro atoms. The van der Waals surface area contributed by atoms with Crippen LogP contribution in [-0.4, -0.2) is 19.9 Å². The number of nitrogens with one attached hydrogen (secondary N) is 2. The van der Waals surface area contributed by atoms with E-state index >= 15 is 0 Å². The zero-order valence-electron chi connectivity index (χ0n) is 12.7. The van der Waals surface area contributed by atoms with E-state index in [1.165, 1.54) is 0 Å². The highest BCUT2D eigenvalue weighted by Gasteiger charge is 2.13. The Morgan fingerprint density at radius 2 is 1.75 bits per heavy atom. The van der Waals surface area contributed by atoms with Crippen molar-refractivity contribution in [3.8, 4) is 11.3 Å². The molecule has 0 atom stereocenters. The number of pyridine rings is 1. The summed E-state index contributed by atoms with van der Waals surface area (Å²) in [6.45, 7) is 0. The van der Waals surface area contributed by atoms with Gasteiger partial charge in [-0.05, 0) is 24.3 Å². The molecular weight excluding hydrogens is 302 g/mol. The van der Waals surface area contributed by atoms with Crippen molar-refractivity contribution >= 4 is 34.0 Å². The molecule has 4 aromatic rings. The van der Waals surface area contributed by atoms with Gasteiger partial charge in [0.15, 0.2) is 0 Å². The number of nitrogens with zero attached hydrogens (tertiary/aromatic N) is 3. The lowest BCUT2D eigenvalue weighted by Crippen LogP contribution is -1.98. The second kappa shape index (κ2) is 5.54. The van der Waals surface area contributed by atoms with Crippen LogP contribution in [0.15, 0.2) is 55.0 Å². The minimum atomic E-state index is 0.229. The van der Waals surface area contributed by atoms with E-state index in [0.29, 0.717) is 5.69 Å². The van der Waals surface area contributed by atoms with Gasteiger partial charge >= 0.3 is 0 Å². The van der Waals surface area contributed by atoms with Gasteiger partial charge in [0, 0.05) is 24.2 Å². The highest BCUT2D eigenvalue weighted by atomic mass is 15.0. The molecule has 3 aromatic heterocycles. The van der Waals surface area contributed by atoms with Crippen LogP contribution in [0.5, 0.6) is 0 Å². The third-order valence-electron chi connectivity index (χ3n) is 3.75. The largest absolute Gasteiger partial charge is 0.397 e. The maximum Gasteiger partial charge on any atom is 0.220 e. The zero-order valence-corrected chi connectivity index (χ0v) is 12.7. The summed E-state index contributed by atoms with van der Waals surface area (Å²) < 4.78 is 0. The van der Waals surface area contributed by atoms with Crippen molar-refractivity contribution in [1.29, 1.82) is 0 Å². The van der Waals surface area contributed by atoms with Crippen LogP contribution in [-0.2, 0) is 0 Å².